The van der Waals surface area contributed by atoms with Crippen molar-refractivity contribution in [3.63, 3.8) is 0 Å². The van der Waals surface area contributed by atoms with Crippen molar-refractivity contribution >= 4 is 5.97 Å². The van der Waals surface area contributed by atoms with Crippen LogP contribution in [0.5, 0.6) is 0 Å². The molecule has 0 spiro atoms. The number of hydrogen-bond donors (Lipinski definition) is 1. The van der Waals surface area contributed by atoms with E-state index < -0.39 is 5.97 Å². The Bertz CT molecular complexity index is 779. The van der Waals surface area contributed by atoms with Gasteiger partial charge in [-0.05, 0) is 43.2 Å². The topological polar surface area (TPSA) is 62.7 Å². The predicted molar refractivity (Wildman–Crippen MR) is 90.8 cm³/mol. The summed E-state index contributed by atoms with van der Waals surface area (Å²) in [6.45, 7) is 5.79. The van der Waals surface area contributed by atoms with Gasteiger partial charge in [0.05, 0.1) is 18.3 Å². The highest BCUT2D eigenvalue weighted by atomic mass is 19.1. The number of halogens is 1. The number of carboxylic acid groups (broad SMARTS) is 1. The van der Waals surface area contributed by atoms with Crippen molar-refractivity contribution in [3.8, 4) is 0 Å². The molecule has 1 unspecified atom stereocenters. The molecule has 5 nitrogen and oxygen atoms in total. The SMILES string of the molecule is CC1(C)COC(c2cccc(F)c2)CN1Cc1cncc(C(=O)O)c1. The third-order valence-electron chi connectivity index (χ3n) is 4.52. The van der Waals surface area contributed by atoms with E-state index in [-0.39, 0.29) is 23.0 Å². The van der Waals surface area contributed by atoms with Crippen LogP contribution in [0.1, 0.15) is 41.4 Å². The van der Waals surface area contributed by atoms with E-state index in [1.165, 1.54) is 18.3 Å². The maximum atomic E-state index is 13.5. The molecule has 1 atom stereocenters. The molecule has 0 radical (unpaired) electrons. The van der Waals surface area contributed by atoms with Crippen LogP contribution in [0.25, 0.3) is 0 Å². The van der Waals surface area contributed by atoms with E-state index in [9.17, 15) is 9.18 Å². The molecule has 0 saturated carbocycles. The van der Waals surface area contributed by atoms with E-state index in [0.29, 0.717) is 19.7 Å². The number of hydrogen-bond acceptors (Lipinski definition) is 4. The second-order valence-electron chi connectivity index (χ2n) is 6.93. The molecule has 25 heavy (non-hydrogen) atoms. The number of morpholine rings is 1. The number of carbonyl (C=O) groups is 1. The third kappa shape index (κ3) is 4.03. The fourth-order valence-corrected chi connectivity index (χ4v) is 2.99. The Morgan fingerprint density at radius 3 is 2.92 bits per heavy atom. The quantitative estimate of drug-likeness (QED) is 0.922. The molecule has 6 heteroatoms. The minimum atomic E-state index is -0.992. The molecule has 0 amide bonds. The van der Waals surface area contributed by atoms with Crippen molar-refractivity contribution in [1.29, 1.82) is 0 Å². The summed E-state index contributed by atoms with van der Waals surface area (Å²) < 4.78 is 19.5. The van der Waals surface area contributed by atoms with Gasteiger partial charge >= 0.3 is 5.97 Å². The van der Waals surface area contributed by atoms with Gasteiger partial charge < -0.3 is 9.84 Å². The van der Waals surface area contributed by atoms with Crippen LogP contribution in [0.15, 0.2) is 42.7 Å². The average molecular weight is 344 g/mol. The molecule has 0 aliphatic carbocycles. The van der Waals surface area contributed by atoms with Gasteiger partial charge in [-0.2, -0.15) is 0 Å². The lowest BCUT2D eigenvalue weighted by Gasteiger charge is -2.45. The summed E-state index contributed by atoms with van der Waals surface area (Å²) in [5.41, 5.74) is 1.58. The fourth-order valence-electron chi connectivity index (χ4n) is 2.99. The first-order valence-corrected chi connectivity index (χ1v) is 8.14. The van der Waals surface area contributed by atoms with Gasteiger partial charge in [0.2, 0.25) is 0 Å². The molecule has 1 aliphatic rings. The summed E-state index contributed by atoms with van der Waals surface area (Å²) in [5, 5.41) is 9.13. The summed E-state index contributed by atoms with van der Waals surface area (Å²) in [7, 11) is 0. The number of benzene rings is 1. The standard InChI is InChI=1S/C19H21FN2O3/c1-19(2)12-25-17(14-4-3-5-16(20)7-14)11-22(19)10-13-6-15(18(23)24)9-21-8-13/h3-9,17H,10-12H2,1-2H3,(H,23,24). The summed E-state index contributed by atoms with van der Waals surface area (Å²) >= 11 is 0. The number of ether oxygens (including phenoxy) is 1. The zero-order chi connectivity index (χ0) is 18.0. The molecule has 0 bridgehead atoms. The van der Waals surface area contributed by atoms with Gasteiger partial charge in [-0.25, -0.2) is 9.18 Å². The Balaban J connectivity index is 1.80. The van der Waals surface area contributed by atoms with Crippen molar-refractivity contribution < 1.29 is 19.0 Å². The molecule has 3 rings (SSSR count). The van der Waals surface area contributed by atoms with Crippen LogP contribution < -0.4 is 0 Å². The molecule has 1 aromatic heterocycles. The molecule has 1 aromatic carbocycles. The minimum Gasteiger partial charge on any atom is -0.478 e. The highest BCUT2D eigenvalue weighted by Gasteiger charge is 2.35. The Morgan fingerprint density at radius 2 is 2.20 bits per heavy atom. The molecule has 2 aromatic rings. The summed E-state index contributed by atoms with van der Waals surface area (Å²) in [6.07, 6.45) is 2.79. The first-order valence-electron chi connectivity index (χ1n) is 8.14. The molecule has 1 saturated heterocycles. The second kappa shape index (κ2) is 6.90. The monoisotopic (exact) mass is 344 g/mol. The zero-order valence-electron chi connectivity index (χ0n) is 14.3. The molecule has 1 aliphatic heterocycles. The Hall–Kier alpha value is -2.31. The van der Waals surface area contributed by atoms with Gasteiger partial charge in [-0.1, -0.05) is 12.1 Å². The zero-order valence-corrected chi connectivity index (χ0v) is 14.3. The van der Waals surface area contributed by atoms with Crippen LogP contribution in [0.4, 0.5) is 4.39 Å². The van der Waals surface area contributed by atoms with E-state index >= 15 is 0 Å². The average Bonchev–Trinajstić information content (AvgIpc) is 2.57. The number of aromatic carboxylic acids is 1. The number of carboxylic acids is 1. The van der Waals surface area contributed by atoms with E-state index in [2.05, 4.69) is 23.7 Å². The highest BCUT2D eigenvalue weighted by molar-refractivity contribution is 5.87. The minimum absolute atomic E-state index is 0.172. The molecule has 1 N–H and O–H groups in total. The van der Waals surface area contributed by atoms with Crippen LogP contribution >= 0.6 is 0 Å². The van der Waals surface area contributed by atoms with Crippen molar-refractivity contribution in [2.24, 2.45) is 0 Å². The van der Waals surface area contributed by atoms with Gasteiger partial charge in [-0.15, -0.1) is 0 Å². The lowest BCUT2D eigenvalue weighted by Crippen LogP contribution is -2.53. The Kier molecular flexibility index (Phi) is 4.83. The number of rotatable bonds is 4. The molecule has 2 heterocycles. The van der Waals surface area contributed by atoms with E-state index in [0.717, 1.165) is 11.1 Å². The lowest BCUT2D eigenvalue weighted by molar-refractivity contribution is -0.104. The molecular formula is C19H21FN2O3. The summed E-state index contributed by atoms with van der Waals surface area (Å²) in [4.78, 5) is 17.4. The normalized spacial score (nSPS) is 20.4. The maximum Gasteiger partial charge on any atom is 0.337 e. The van der Waals surface area contributed by atoms with Crippen LogP contribution in [0.3, 0.4) is 0 Å². The van der Waals surface area contributed by atoms with Crippen LogP contribution in [-0.4, -0.2) is 39.7 Å². The number of pyridine rings is 1. The van der Waals surface area contributed by atoms with Gasteiger partial charge in [0.15, 0.2) is 0 Å². The van der Waals surface area contributed by atoms with Crippen LogP contribution in [-0.2, 0) is 11.3 Å². The van der Waals surface area contributed by atoms with E-state index in [1.807, 2.05) is 6.07 Å². The predicted octanol–water partition coefficient (Wildman–Crippen LogP) is 3.27. The van der Waals surface area contributed by atoms with Gasteiger partial charge in [-0.3, -0.25) is 9.88 Å². The second-order valence-corrected chi connectivity index (χ2v) is 6.93. The van der Waals surface area contributed by atoms with Gasteiger partial charge in [0.25, 0.3) is 0 Å². The van der Waals surface area contributed by atoms with Crippen molar-refractivity contribution in [2.75, 3.05) is 13.2 Å². The smallest absolute Gasteiger partial charge is 0.337 e. The summed E-state index contributed by atoms with van der Waals surface area (Å²) in [5.74, 6) is -1.27. The van der Waals surface area contributed by atoms with Crippen molar-refractivity contribution in [2.45, 2.75) is 32.0 Å². The van der Waals surface area contributed by atoms with Gasteiger partial charge in [0.1, 0.15) is 5.82 Å². The first kappa shape index (κ1) is 17.5. The maximum absolute atomic E-state index is 13.5. The summed E-state index contributed by atoms with van der Waals surface area (Å²) in [6, 6.07) is 8.08. The van der Waals surface area contributed by atoms with Gasteiger partial charge in [0, 0.05) is 31.0 Å². The van der Waals surface area contributed by atoms with Crippen LogP contribution in [0, 0.1) is 5.82 Å². The number of nitrogens with zero attached hydrogens (tertiary/aromatic N) is 2. The molecular weight excluding hydrogens is 323 g/mol. The van der Waals surface area contributed by atoms with Crippen molar-refractivity contribution in [3.05, 3.63) is 65.2 Å². The fraction of sp³-hybridized carbons (Fsp3) is 0.368. The molecule has 132 valence electrons. The first-order chi connectivity index (χ1) is 11.8. The largest absolute Gasteiger partial charge is 0.478 e. The van der Waals surface area contributed by atoms with Crippen molar-refractivity contribution in [1.82, 2.24) is 9.88 Å². The highest BCUT2D eigenvalue weighted by Crippen LogP contribution is 2.31. The third-order valence-corrected chi connectivity index (χ3v) is 4.52. The van der Waals surface area contributed by atoms with Crippen LogP contribution in [0.2, 0.25) is 0 Å². The molecule has 1 fully saturated rings. The Labute approximate surface area is 146 Å². The lowest BCUT2D eigenvalue weighted by atomic mass is 9.97. The number of aromatic nitrogens is 1. The van der Waals surface area contributed by atoms with E-state index in [4.69, 9.17) is 9.84 Å². The van der Waals surface area contributed by atoms with E-state index in [1.54, 1.807) is 18.3 Å². The Morgan fingerprint density at radius 1 is 1.40 bits per heavy atom.